The van der Waals surface area contributed by atoms with Crippen LogP contribution in [0, 0.1) is 0 Å². The predicted octanol–water partition coefficient (Wildman–Crippen LogP) is 8.56. The average Bonchev–Trinajstić information content (AvgIpc) is 3.10. The van der Waals surface area contributed by atoms with E-state index in [1.54, 1.807) is 0 Å². The van der Waals surface area contributed by atoms with E-state index in [9.17, 15) is 4.79 Å². The van der Waals surface area contributed by atoms with Crippen molar-refractivity contribution in [1.82, 2.24) is 9.48 Å². The van der Waals surface area contributed by atoms with Crippen LogP contribution in [-0.2, 0) is 4.74 Å². The molecule has 2 saturated heterocycles. The Labute approximate surface area is 286 Å². The van der Waals surface area contributed by atoms with Gasteiger partial charge in [0.15, 0.2) is 24.6 Å². The van der Waals surface area contributed by atoms with Crippen LogP contribution >= 0.6 is 11.3 Å². The summed E-state index contributed by atoms with van der Waals surface area (Å²) in [6, 6.07) is 28.8. The molecule has 0 bridgehead atoms. The lowest BCUT2D eigenvalue weighted by Gasteiger charge is -2.30. The molecule has 0 spiro atoms. The first-order chi connectivity index (χ1) is 23.2. The molecule has 246 valence electrons. The van der Waals surface area contributed by atoms with Crippen molar-refractivity contribution >= 4 is 44.6 Å². The van der Waals surface area contributed by atoms with Crippen molar-refractivity contribution in [2.45, 2.75) is 45.6 Å². The maximum atomic E-state index is 12.7. The number of ether oxygens (including phenoxy) is 2. The highest BCUT2D eigenvalue weighted by atomic mass is 32.1. The molecule has 0 aromatic heterocycles. The molecule has 1 aliphatic carbocycles. The van der Waals surface area contributed by atoms with Gasteiger partial charge in [0.05, 0.1) is 24.5 Å². The van der Waals surface area contributed by atoms with Crippen LogP contribution in [0.1, 0.15) is 40.0 Å². The molecule has 5 aliphatic rings. The summed E-state index contributed by atoms with van der Waals surface area (Å²) in [7, 11) is 2.10. The SMILES string of the molecule is CN1c2ccccc2Oc2cc(-c3c4ccc(=[N+]5CCN(C(=O)OC(C)(C)C)CC5)cc-4sc4cc(N5CCCCC5)ccc34)ccc21. The van der Waals surface area contributed by atoms with Gasteiger partial charge in [-0.05, 0) is 93.6 Å². The second-order valence-electron chi connectivity index (χ2n) is 14.2. The maximum absolute atomic E-state index is 12.7. The van der Waals surface area contributed by atoms with Crippen molar-refractivity contribution < 1.29 is 14.3 Å². The first kappa shape index (κ1) is 30.8. The first-order valence-electron chi connectivity index (χ1n) is 17.2. The highest BCUT2D eigenvalue weighted by Gasteiger charge is 2.29. The van der Waals surface area contributed by atoms with E-state index in [4.69, 9.17) is 9.47 Å². The van der Waals surface area contributed by atoms with Crippen molar-refractivity contribution in [2.24, 2.45) is 0 Å². The zero-order chi connectivity index (χ0) is 33.0. The fraction of sp³-hybridized carbons (Fsp3) is 0.350. The second kappa shape index (κ2) is 12.2. The van der Waals surface area contributed by atoms with Gasteiger partial charge in [0.2, 0.25) is 5.36 Å². The molecule has 3 aromatic rings. The maximum Gasteiger partial charge on any atom is 0.410 e. The van der Waals surface area contributed by atoms with Crippen molar-refractivity contribution in [3.05, 3.63) is 84.2 Å². The zero-order valence-electron chi connectivity index (χ0n) is 28.3. The molecule has 0 unspecified atom stereocenters. The van der Waals surface area contributed by atoms with Gasteiger partial charge in [-0.15, -0.1) is 11.3 Å². The van der Waals surface area contributed by atoms with Crippen LogP contribution in [-0.4, -0.2) is 62.9 Å². The van der Waals surface area contributed by atoms with Gasteiger partial charge in [0.1, 0.15) is 5.60 Å². The van der Waals surface area contributed by atoms with Crippen LogP contribution < -0.4 is 24.5 Å². The Morgan fingerprint density at radius 2 is 1.60 bits per heavy atom. The van der Waals surface area contributed by atoms with E-state index >= 15 is 0 Å². The zero-order valence-corrected chi connectivity index (χ0v) is 29.1. The summed E-state index contributed by atoms with van der Waals surface area (Å²) in [5.74, 6) is 1.74. The summed E-state index contributed by atoms with van der Waals surface area (Å²) >= 11 is 1.87. The van der Waals surface area contributed by atoms with Crippen molar-refractivity contribution in [3.8, 4) is 33.1 Å². The molecule has 4 aliphatic heterocycles. The molecule has 8 rings (SSSR count). The molecule has 7 nitrogen and oxygen atoms in total. The Morgan fingerprint density at radius 3 is 2.40 bits per heavy atom. The van der Waals surface area contributed by atoms with Crippen molar-refractivity contribution in [3.63, 3.8) is 0 Å². The normalized spacial score (nSPS) is 16.5. The van der Waals surface area contributed by atoms with E-state index in [0.717, 1.165) is 54.6 Å². The Hall–Kier alpha value is -4.56. The number of benzene rings is 4. The Morgan fingerprint density at radius 1 is 0.833 bits per heavy atom. The number of piperazine rings is 1. The molecular weight excluding hydrogens is 617 g/mol. The van der Waals surface area contributed by atoms with Gasteiger partial charge >= 0.3 is 6.09 Å². The van der Waals surface area contributed by atoms with Gasteiger partial charge in [0.25, 0.3) is 0 Å². The lowest BCUT2D eigenvalue weighted by atomic mass is 9.94. The van der Waals surface area contributed by atoms with Gasteiger partial charge in [-0.1, -0.05) is 24.3 Å². The number of rotatable bonds is 2. The lowest BCUT2D eigenvalue weighted by Crippen LogP contribution is -2.51. The van der Waals surface area contributed by atoms with Gasteiger partial charge < -0.3 is 19.3 Å². The number of carbonyl (C=O) groups excluding carboxylic acids is 1. The number of para-hydroxylation sites is 2. The molecule has 0 N–H and O–H groups in total. The van der Waals surface area contributed by atoms with E-state index in [1.165, 1.54) is 56.4 Å². The molecular formula is C40H43N4O3S+. The van der Waals surface area contributed by atoms with Crippen LogP contribution in [0.5, 0.6) is 11.5 Å². The molecule has 0 saturated carbocycles. The molecule has 3 aromatic carbocycles. The third-order valence-corrected chi connectivity index (χ3v) is 10.9. The highest BCUT2D eigenvalue weighted by Crippen LogP contribution is 2.49. The number of nitrogens with zero attached hydrogens (tertiary/aromatic N) is 4. The number of carbonyl (C=O) groups is 1. The number of amides is 1. The van der Waals surface area contributed by atoms with Crippen molar-refractivity contribution in [2.75, 3.05) is 56.1 Å². The Kier molecular flexibility index (Phi) is 7.79. The summed E-state index contributed by atoms with van der Waals surface area (Å²) < 4.78 is 15.8. The van der Waals surface area contributed by atoms with E-state index in [0.29, 0.717) is 13.1 Å². The molecule has 48 heavy (non-hydrogen) atoms. The summed E-state index contributed by atoms with van der Waals surface area (Å²) in [6.07, 6.45) is 3.59. The van der Waals surface area contributed by atoms with E-state index in [1.807, 2.05) is 49.1 Å². The molecule has 0 atom stereocenters. The van der Waals surface area contributed by atoms with Crippen LogP contribution in [0.4, 0.5) is 21.9 Å². The topological polar surface area (TPSA) is 48.3 Å². The summed E-state index contributed by atoms with van der Waals surface area (Å²) in [5, 5.41) is 2.45. The molecule has 1 amide bonds. The summed E-state index contributed by atoms with van der Waals surface area (Å²) in [6.45, 7) is 10.8. The fourth-order valence-corrected chi connectivity index (χ4v) is 8.45. The third kappa shape index (κ3) is 5.76. The Bertz CT molecular complexity index is 2060. The van der Waals surface area contributed by atoms with Crippen LogP contribution in [0.3, 0.4) is 0 Å². The average molecular weight is 660 g/mol. The number of anilines is 3. The minimum Gasteiger partial charge on any atom is -0.453 e. The number of fused-ring (bicyclic) bond motifs is 4. The van der Waals surface area contributed by atoms with E-state index in [2.05, 4.69) is 88.2 Å². The smallest absolute Gasteiger partial charge is 0.410 e. The monoisotopic (exact) mass is 659 g/mol. The number of hydrogen-bond acceptors (Lipinski definition) is 6. The molecule has 8 heteroatoms. The fourth-order valence-electron chi connectivity index (χ4n) is 7.30. The lowest BCUT2D eigenvalue weighted by molar-refractivity contribution is 0.0218. The van der Waals surface area contributed by atoms with Crippen LogP contribution in [0.25, 0.3) is 31.7 Å². The van der Waals surface area contributed by atoms with E-state index in [-0.39, 0.29) is 6.09 Å². The summed E-state index contributed by atoms with van der Waals surface area (Å²) in [5.41, 5.74) is 6.56. The van der Waals surface area contributed by atoms with E-state index < -0.39 is 5.60 Å². The largest absolute Gasteiger partial charge is 0.453 e. The molecule has 2 fully saturated rings. The van der Waals surface area contributed by atoms with Gasteiger partial charge in [-0.3, -0.25) is 4.90 Å². The van der Waals surface area contributed by atoms with Crippen molar-refractivity contribution in [1.29, 1.82) is 0 Å². The standard InChI is InChI=1S/C40H43N4O3S/c1-40(2,3)47-39(45)44-22-20-43(21-23-44)29-14-16-31-37(26-29)48-36-25-28(42-18-8-5-9-19-42)13-15-30(36)38(31)27-12-17-33-35(24-27)46-34-11-7-6-10-32(34)41(33)4/h6-7,10-17,24-26H,5,8-9,18-23H2,1-4H3/q+1. The third-order valence-electron chi connectivity index (χ3n) is 9.76. The minimum absolute atomic E-state index is 0.229. The molecule has 0 radical (unpaired) electrons. The first-order valence-corrected chi connectivity index (χ1v) is 18.0. The second-order valence-corrected chi connectivity index (χ2v) is 15.2. The summed E-state index contributed by atoms with van der Waals surface area (Å²) in [4.78, 5) is 20.5. The number of hydrogen-bond donors (Lipinski definition) is 0. The minimum atomic E-state index is -0.493. The quantitative estimate of drug-likeness (QED) is 0.140. The molecule has 4 heterocycles. The highest BCUT2D eigenvalue weighted by molar-refractivity contribution is 7.21. The predicted molar refractivity (Wildman–Crippen MR) is 197 cm³/mol. The van der Waals surface area contributed by atoms with Gasteiger partial charge in [0, 0.05) is 58.5 Å². The number of piperidine rings is 1. The van der Waals surface area contributed by atoms with Crippen LogP contribution in [0.15, 0.2) is 78.9 Å². The van der Waals surface area contributed by atoms with Gasteiger partial charge in [-0.2, -0.15) is 0 Å². The Balaban J connectivity index is 1.22. The van der Waals surface area contributed by atoms with Crippen LogP contribution in [0.2, 0.25) is 0 Å². The van der Waals surface area contributed by atoms with Gasteiger partial charge in [-0.25, -0.2) is 9.37 Å².